The summed E-state index contributed by atoms with van der Waals surface area (Å²) in [5, 5.41) is 7.82. The molecular formula is C12H21N3O. The summed E-state index contributed by atoms with van der Waals surface area (Å²) < 4.78 is 7.52. The van der Waals surface area contributed by atoms with Crippen LogP contribution in [0.5, 0.6) is 0 Å². The highest BCUT2D eigenvalue weighted by molar-refractivity contribution is 4.82. The Morgan fingerprint density at radius 3 is 3.12 bits per heavy atom. The third kappa shape index (κ3) is 3.06. The predicted octanol–water partition coefficient (Wildman–Crippen LogP) is 1.43. The van der Waals surface area contributed by atoms with Crippen LogP contribution in [0, 0.1) is 0 Å². The Kier molecular flexibility index (Phi) is 3.96. The van der Waals surface area contributed by atoms with Gasteiger partial charge >= 0.3 is 0 Å². The van der Waals surface area contributed by atoms with Gasteiger partial charge < -0.3 is 10.1 Å². The Morgan fingerprint density at radius 1 is 1.62 bits per heavy atom. The van der Waals surface area contributed by atoms with Gasteiger partial charge in [-0.3, -0.25) is 4.68 Å². The minimum absolute atomic E-state index is 0.354. The molecule has 1 aliphatic rings. The molecule has 1 aliphatic heterocycles. The van der Waals surface area contributed by atoms with Crippen LogP contribution in [0.3, 0.4) is 0 Å². The zero-order chi connectivity index (χ0) is 11.4. The van der Waals surface area contributed by atoms with E-state index in [0.29, 0.717) is 18.2 Å². The van der Waals surface area contributed by atoms with Gasteiger partial charge in [-0.2, -0.15) is 5.10 Å². The van der Waals surface area contributed by atoms with Crippen molar-refractivity contribution in [3.8, 4) is 0 Å². The lowest BCUT2D eigenvalue weighted by atomic mass is 10.1. The SMILES string of the molecule is C[C@H](CCn1cccn1)N[C@@H]1CCO[C@@H]1C. The Hall–Kier alpha value is -0.870. The molecule has 1 aromatic heterocycles. The molecule has 2 heterocycles. The van der Waals surface area contributed by atoms with E-state index in [0.717, 1.165) is 26.0 Å². The molecule has 3 atom stereocenters. The summed E-state index contributed by atoms with van der Waals surface area (Å²) in [5.74, 6) is 0. The molecule has 90 valence electrons. The highest BCUT2D eigenvalue weighted by Gasteiger charge is 2.24. The van der Waals surface area contributed by atoms with Gasteiger partial charge in [0.25, 0.3) is 0 Å². The molecule has 0 saturated carbocycles. The van der Waals surface area contributed by atoms with Gasteiger partial charge in [0.05, 0.1) is 6.10 Å². The molecule has 4 nitrogen and oxygen atoms in total. The zero-order valence-corrected chi connectivity index (χ0v) is 10.1. The number of rotatable bonds is 5. The number of hydrogen-bond acceptors (Lipinski definition) is 3. The van der Waals surface area contributed by atoms with Crippen molar-refractivity contribution in [1.82, 2.24) is 15.1 Å². The summed E-state index contributed by atoms with van der Waals surface area (Å²) in [7, 11) is 0. The van der Waals surface area contributed by atoms with Gasteiger partial charge in [-0.05, 0) is 32.8 Å². The first-order valence-electron chi connectivity index (χ1n) is 6.11. The monoisotopic (exact) mass is 223 g/mol. The number of hydrogen-bond donors (Lipinski definition) is 1. The second-order valence-corrected chi connectivity index (χ2v) is 4.60. The minimum atomic E-state index is 0.354. The van der Waals surface area contributed by atoms with Crippen LogP contribution in [-0.4, -0.2) is 34.6 Å². The molecule has 1 aromatic rings. The van der Waals surface area contributed by atoms with Gasteiger partial charge in [-0.25, -0.2) is 0 Å². The standard InChI is InChI=1S/C12H21N3O/c1-10(4-8-15-7-3-6-13-15)14-12-5-9-16-11(12)2/h3,6-7,10-12,14H,4-5,8-9H2,1-2H3/t10-,11-,12-/m1/s1. The molecule has 0 spiro atoms. The summed E-state index contributed by atoms with van der Waals surface area (Å²) in [6.45, 7) is 6.24. The summed E-state index contributed by atoms with van der Waals surface area (Å²) in [6, 6.07) is 3.00. The van der Waals surface area contributed by atoms with Gasteiger partial charge in [0.15, 0.2) is 0 Å². The van der Waals surface area contributed by atoms with E-state index in [1.807, 2.05) is 23.1 Å². The molecule has 0 unspecified atom stereocenters. The topological polar surface area (TPSA) is 39.1 Å². The average molecular weight is 223 g/mol. The first-order chi connectivity index (χ1) is 7.75. The summed E-state index contributed by atoms with van der Waals surface area (Å²) in [6.07, 6.45) is 6.42. The second-order valence-electron chi connectivity index (χ2n) is 4.60. The van der Waals surface area contributed by atoms with Gasteiger partial charge in [0.2, 0.25) is 0 Å². The number of nitrogens with one attached hydrogen (secondary N) is 1. The van der Waals surface area contributed by atoms with Crippen LogP contribution in [-0.2, 0) is 11.3 Å². The molecule has 0 amide bonds. The van der Waals surface area contributed by atoms with E-state index >= 15 is 0 Å². The van der Waals surface area contributed by atoms with Crippen LogP contribution in [0.1, 0.15) is 26.7 Å². The van der Waals surface area contributed by atoms with Crippen molar-refractivity contribution in [1.29, 1.82) is 0 Å². The quantitative estimate of drug-likeness (QED) is 0.820. The lowest BCUT2D eigenvalue weighted by molar-refractivity contribution is 0.111. The Balaban J connectivity index is 1.70. The molecule has 0 aliphatic carbocycles. The van der Waals surface area contributed by atoms with Crippen LogP contribution in [0.2, 0.25) is 0 Å². The fourth-order valence-electron chi connectivity index (χ4n) is 2.16. The molecule has 1 saturated heterocycles. The number of ether oxygens (including phenoxy) is 1. The molecule has 0 aromatic carbocycles. The summed E-state index contributed by atoms with van der Waals surface area (Å²) in [5.41, 5.74) is 0. The van der Waals surface area contributed by atoms with E-state index in [1.165, 1.54) is 0 Å². The molecule has 2 rings (SSSR count). The summed E-state index contributed by atoms with van der Waals surface area (Å²) in [4.78, 5) is 0. The first kappa shape index (κ1) is 11.6. The van der Waals surface area contributed by atoms with E-state index in [2.05, 4.69) is 24.3 Å². The zero-order valence-electron chi connectivity index (χ0n) is 10.1. The van der Waals surface area contributed by atoms with Crippen LogP contribution in [0.15, 0.2) is 18.5 Å². The van der Waals surface area contributed by atoms with Gasteiger partial charge in [0.1, 0.15) is 0 Å². The van der Waals surface area contributed by atoms with Crippen molar-refractivity contribution in [2.24, 2.45) is 0 Å². The van der Waals surface area contributed by atoms with Gasteiger partial charge in [0, 0.05) is 37.6 Å². The van der Waals surface area contributed by atoms with Crippen LogP contribution in [0.4, 0.5) is 0 Å². The van der Waals surface area contributed by atoms with Crippen molar-refractivity contribution in [3.05, 3.63) is 18.5 Å². The van der Waals surface area contributed by atoms with E-state index in [-0.39, 0.29) is 0 Å². The number of aryl methyl sites for hydroxylation is 1. The van der Waals surface area contributed by atoms with Gasteiger partial charge in [-0.15, -0.1) is 0 Å². The van der Waals surface area contributed by atoms with Crippen molar-refractivity contribution < 1.29 is 4.74 Å². The maximum absolute atomic E-state index is 5.54. The first-order valence-corrected chi connectivity index (χ1v) is 6.11. The normalized spacial score (nSPS) is 27.1. The average Bonchev–Trinajstić information content (AvgIpc) is 2.88. The maximum Gasteiger partial charge on any atom is 0.0700 e. The Morgan fingerprint density at radius 2 is 2.50 bits per heavy atom. The van der Waals surface area contributed by atoms with E-state index in [9.17, 15) is 0 Å². The minimum Gasteiger partial charge on any atom is -0.377 e. The number of aromatic nitrogens is 2. The Labute approximate surface area is 97.0 Å². The van der Waals surface area contributed by atoms with Crippen LogP contribution < -0.4 is 5.32 Å². The van der Waals surface area contributed by atoms with Crippen molar-refractivity contribution in [2.75, 3.05) is 6.61 Å². The molecule has 0 bridgehead atoms. The lowest BCUT2D eigenvalue weighted by Crippen LogP contribution is -2.41. The highest BCUT2D eigenvalue weighted by atomic mass is 16.5. The van der Waals surface area contributed by atoms with Crippen LogP contribution in [0.25, 0.3) is 0 Å². The highest BCUT2D eigenvalue weighted by Crippen LogP contribution is 2.13. The molecule has 16 heavy (non-hydrogen) atoms. The predicted molar refractivity (Wildman–Crippen MR) is 63.3 cm³/mol. The fourth-order valence-corrected chi connectivity index (χ4v) is 2.16. The molecule has 4 heteroatoms. The van der Waals surface area contributed by atoms with E-state index in [4.69, 9.17) is 4.74 Å². The van der Waals surface area contributed by atoms with Crippen molar-refractivity contribution in [3.63, 3.8) is 0 Å². The molecule has 1 N–H and O–H groups in total. The molecular weight excluding hydrogens is 202 g/mol. The fraction of sp³-hybridized carbons (Fsp3) is 0.750. The third-order valence-corrected chi connectivity index (χ3v) is 3.23. The Bertz CT molecular complexity index is 299. The molecule has 0 radical (unpaired) electrons. The lowest BCUT2D eigenvalue weighted by Gasteiger charge is -2.21. The number of nitrogens with zero attached hydrogens (tertiary/aromatic N) is 2. The van der Waals surface area contributed by atoms with Gasteiger partial charge in [-0.1, -0.05) is 0 Å². The van der Waals surface area contributed by atoms with Crippen LogP contribution >= 0.6 is 0 Å². The largest absolute Gasteiger partial charge is 0.377 e. The van der Waals surface area contributed by atoms with Crippen molar-refractivity contribution in [2.45, 2.75) is 51.4 Å². The van der Waals surface area contributed by atoms with Crippen molar-refractivity contribution >= 4 is 0 Å². The smallest absolute Gasteiger partial charge is 0.0700 e. The second kappa shape index (κ2) is 5.46. The third-order valence-electron chi connectivity index (χ3n) is 3.23. The molecule has 1 fully saturated rings. The maximum atomic E-state index is 5.54. The summed E-state index contributed by atoms with van der Waals surface area (Å²) >= 11 is 0. The van der Waals surface area contributed by atoms with E-state index < -0.39 is 0 Å². The van der Waals surface area contributed by atoms with E-state index in [1.54, 1.807) is 0 Å².